The molecule has 3 unspecified atom stereocenters. The number of para-hydroxylation sites is 2. The molecule has 4 nitrogen and oxygen atoms in total. The molecule has 0 spiro atoms. The van der Waals surface area contributed by atoms with Gasteiger partial charge in [-0.15, -0.1) is 0 Å². The number of aromatic nitrogens is 2. The number of allylic oxidation sites excluding steroid dienone is 9. The van der Waals surface area contributed by atoms with E-state index in [9.17, 15) is 0 Å². The standard InChI is InChI=1S/C50H37N3O/c1-2-12-34-32(10-1)39(30-21-20-29(24-30)31-25-45(43-17-5-6-22-51-43)53-46(26-31)44-18-9-23-52-44)27-42-48-35(13-7-14-36(48)40-28-41(40)49(34)42)38-16-8-15-37-33-11-3-4-19-47(33)54-50(37)38/h1-6,8-13,15-23,26-27,40-41,45,52H,7,14,24-25,28H2. The number of hydrogen-bond acceptors (Lipinski definition) is 3. The van der Waals surface area contributed by atoms with Gasteiger partial charge in [0.2, 0.25) is 0 Å². The maximum atomic E-state index is 6.65. The molecule has 0 bridgehead atoms. The minimum Gasteiger partial charge on any atom is -0.455 e. The lowest BCUT2D eigenvalue weighted by atomic mass is 9.73. The summed E-state index contributed by atoms with van der Waals surface area (Å²) in [6.45, 7) is 0. The van der Waals surface area contributed by atoms with Crippen LogP contribution in [-0.2, 0) is 0 Å². The largest absolute Gasteiger partial charge is 0.455 e. The van der Waals surface area contributed by atoms with E-state index in [-0.39, 0.29) is 6.04 Å². The monoisotopic (exact) mass is 695 g/mol. The highest BCUT2D eigenvalue weighted by molar-refractivity contribution is 6.18. The second kappa shape index (κ2) is 11.6. The third kappa shape index (κ3) is 4.56. The predicted molar refractivity (Wildman–Crippen MR) is 220 cm³/mol. The van der Waals surface area contributed by atoms with Gasteiger partial charge in [-0.25, -0.2) is 0 Å². The molecule has 4 heteroatoms. The molecule has 4 aliphatic carbocycles. The quantitative estimate of drug-likeness (QED) is 0.195. The molecule has 1 N–H and O–H groups in total. The van der Waals surface area contributed by atoms with E-state index in [2.05, 4.69) is 120 Å². The van der Waals surface area contributed by atoms with Crippen molar-refractivity contribution >= 4 is 55.1 Å². The number of rotatable bonds is 5. The summed E-state index contributed by atoms with van der Waals surface area (Å²) >= 11 is 0. The lowest BCUT2D eigenvalue weighted by Gasteiger charge is -2.30. The van der Waals surface area contributed by atoms with Gasteiger partial charge in [-0.2, -0.15) is 0 Å². The first-order valence-corrected chi connectivity index (χ1v) is 19.4. The van der Waals surface area contributed by atoms with Crippen LogP contribution in [0.2, 0.25) is 0 Å². The summed E-state index contributed by atoms with van der Waals surface area (Å²) in [6, 6.07) is 37.2. The summed E-state index contributed by atoms with van der Waals surface area (Å²) in [5.74, 6) is 1.24. The van der Waals surface area contributed by atoms with Gasteiger partial charge < -0.3 is 9.40 Å². The summed E-state index contributed by atoms with van der Waals surface area (Å²) in [5.41, 5.74) is 19.1. The van der Waals surface area contributed by atoms with Crippen LogP contribution in [0.5, 0.6) is 0 Å². The van der Waals surface area contributed by atoms with E-state index in [0.717, 1.165) is 53.9 Å². The fourth-order valence-corrected chi connectivity index (χ4v) is 10.1. The van der Waals surface area contributed by atoms with Gasteiger partial charge in [-0.05, 0) is 135 Å². The highest BCUT2D eigenvalue weighted by Crippen LogP contribution is 2.64. The number of dihydropyridines is 1. The van der Waals surface area contributed by atoms with Crippen LogP contribution in [0.4, 0.5) is 0 Å². The van der Waals surface area contributed by atoms with Crippen LogP contribution in [0.15, 0.2) is 166 Å². The van der Waals surface area contributed by atoms with Crippen LogP contribution >= 0.6 is 0 Å². The molecular formula is C50H37N3O. The Morgan fingerprint density at radius 2 is 1.56 bits per heavy atom. The van der Waals surface area contributed by atoms with E-state index in [1.165, 1.54) is 72.5 Å². The first kappa shape index (κ1) is 30.2. The van der Waals surface area contributed by atoms with Gasteiger partial charge >= 0.3 is 0 Å². The van der Waals surface area contributed by atoms with Crippen molar-refractivity contribution in [3.05, 3.63) is 190 Å². The summed E-state index contributed by atoms with van der Waals surface area (Å²) in [6.07, 6.45) is 18.6. The minimum absolute atomic E-state index is 0.0245. The van der Waals surface area contributed by atoms with Crippen LogP contribution in [-0.4, -0.2) is 15.7 Å². The van der Waals surface area contributed by atoms with Crippen molar-refractivity contribution in [2.45, 2.75) is 44.1 Å². The van der Waals surface area contributed by atoms with Crippen LogP contribution < -0.4 is 0 Å². The fourth-order valence-electron chi connectivity index (χ4n) is 10.1. The zero-order chi connectivity index (χ0) is 35.3. The number of aromatic amines is 1. The molecule has 1 aliphatic heterocycles. The third-order valence-electron chi connectivity index (χ3n) is 12.6. The van der Waals surface area contributed by atoms with Crippen molar-refractivity contribution in [2.24, 2.45) is 10.9 Å². The highest BCUT2D eigenvalue weighted by Gasteiger charge is 2.49. The van der Waals surface area contributed by atoms with E-state index in [4.69, 9.17) is 14.4 Å². The first-order chi connectivity index (χ1) is 26.8. The van der Waals surface area contributed by atoms with Gasteiger partial charge in [-0.3, -0.25) is 9.98 Å². The summed E-state index contributed by atoms with van der Waals surface area (Å²) in [7, 11) is 0. The molecule has 0 saturated heterocycles. The second-order valence-electron chi connectivity index (χ2n) is 15.5. The SMILES string of the molecule is C1=C(C2=CC(c3ccc[nH]3)=NC(c3ccccn3)C2)CC(c2cc3c(c4ccccc24)C2CC2C2=C3C(c3cccc4c3oc3ccccc34)=CCC2)=C1. The molecule has 3 atom stereocenters. The van der Waals surface area contributed by atoms with E-state index >= 15 is 0 Å². The number of aliphatic imine (C=N–C) groups is 1. The number of nitrogens with zero attached hydrogens (tertiary/aromatic N) is 2. The summed E-state index contributed by atoms with van der Waals surface area (Å²) in [5, 5.41) is 5.16. The first-order valence-electron chi connectivity index (χ1n) is 19.4. The number of hydrogen-bond donors (Lipinski definition) is 1. The van der Waals surface area contributed by atoms with Gasteiger partial charge in [0.05, 0.1) is 23.1 Å². The summed E-state index contributed by atoms with van der Waals surface area (Å²) in [4.78, 5) is 13.3. The Bertz CT molecular complexity index is 2910. The molecular weight excluding hydrogens is 659 g/mol. The number of furan rings is 1. The van der Waals surface area contributed by atoms with E-state index < -0.39 is 0 Å². The molecule has 3 aromatic heterocycles. The molecule has 0 amide bonds. The number of fused-ring (bicyclic) bond motifs is 10. The molecule has 4 aromatic carbocycles. The Hall–Kier alpha value is -6.26. The van der Waals surface area contributed by atoms with Crippen molar-refractivity contribution in [2.75, 3.05) is 0 Å². The lowest BCUT2D eigenvalue weighted by Crippen LogP contribution is -2.13. The smallest absolute Gasteiger partial charge is 0.143 e. The molecule has 4 heterocycles. The molecule has 12 rings (SSSR count). The fraction of sp³-hybridized carbons (Fsp3) is 0.160. The van der Waals surface area contributed by atoms with Gasteiger partial charge in [0.1, 0.15) is 11.2 Å². The van der Waals surface area contributed by atoms with Crippen LogP contribution in [0.1, 0.15) is 77.7 Å². The molecule has 258 valence electrons. The number of nitrogens with one attached hydrogen (secondary N) is 1. The molecule has 5 aliphatic rings. The maximum absolute atomic E-state index is 6.65. The van der Waals surface area contributed by atoms with Crippen molar-refractivity contribution in [3.8, 4) is 0 Å². The van der Waals surface area contributed by atoms with Crippen molar-refractivity contribution in [3.63, 3.8) is 0 Å². The lowest BCUT2D eigenvalue weighted by molar-refractivity contribution is 0.667. The zero-order valence-corrected chi connectivity index (χ0v) is 29.8. The second-order valence-corrected chi connectivity index (χ2v) is 15.5. The Morgan fingerprint density at radius 1 is 0.704 bits per heavy atom. The molecule has 0 radical (unpaired) electrons. The predicted octanol–water partition coefficient (Wildman–Crippen LogP) is 12.5. The molecule has 54 heavy (non-hydrogen) atoms. The van der Waals surface area contributed by atoms with Gasteiger partial charge in [0.25, 0.3) is 0 Å². The van der Waals surface area contributed by atoms with Gasteiger partial charge in [0, 0.05) is 35.2 Å². The average Bonchev–Trinajstić information content (AvgIpc) is 3.56. The maximum Gasteiger partial charge on any atom is 0.143 e. The van der Waals surface area contributed by atoms with Gasteiger partial charge in [-0.1, -0.05) is 90.5 Å². The third-order valence-corrected chi connectivity index (χ3v) is 12.6. The van der Waals surface area contributed by atoms with E-state index in [1.807, 2.05) is 24.5 Å². The molecule has 1 fully saturated rings. The number of benzene rings is 4. The average molecular weight is 696 g/mol. The summed E-state index contributed by atoms with van der Waals surface area (Å²) < 4.78 is 6.65. The van der Waals surface area contributed by atoms with Crippen LogP contribution in [0.3, 0.4) is 0 Å². The zero-order valence-electron chi connectivity index (χ0n) is 29.8. The molecule has 7 aromatic rings. The van der Waals surface area contributed by atoms with E-state index in [0.29, 0.717) is 11.8 Å². The number of pyridine rings is 1. The van der Waals surface area contributed by atoms with Crippen molar-refractivity contribution < 1.29 is 4.42 Å². The Kier molecular flexibility index (Phi) is 6.50. The minimum atomic E-state index is -0.0245. The topological polar surface area (TPSA) is 54.2 Å². The van der Waals surface area contributed by atoms with Gasteiger partial charge in [0.15, 0.2) is 0 Å². The normalized spacial score (nSPS) is 21.6. The van der Waals surface area contributed by atoms with Crippen LogP contribution in [0, 0.1) is 5.92 Å². The Balaban J connectivity index is 0.964. The molecule has 1 saturated carbocycles. The Morgan fingerprint density at radius 3 is 2.44 bits per heavy atom. The van der Waals surface area contributed by atoms with E-state index in [1.54, 1.807) is 11.1 Å². The van der Waals surface area contributed by atoms with Crippen LogP contribution in [0.25, 0.3) is 49.4 Å². The highest BCUT2D eigenvalue weighted by atomic mass is 16.3. The van der Waals surface area contributed by atoms with Crippen molar-refractivity contribution in [1.82, 2.24) is 9.97 Å². The Labute approximate surface area is 313 Å². The van der Waals surface area contributed by atoms with Crippen molar-refractivity contribution in [1.29, 1.82) is 0 Å². The number of H-pyrrole nitrogens is 1.